The fraction of sp³-hybridized carbons (Fsp3) is 0.700. The molecule has 1 nitrogen and oxygen atoms in total. The lowest BCUT2D eigenvalue weighted by Gasteiger charge is -2.27. The van der Waals surface area contributed by atoms with Gasteiger partial charge in [0.2, 0.25) is 0 Å². The molecule has 0 radical (unpaired) electrons. The van der Waals surface area contributed by atoms with Crippen molar-refractivity contribution in [3.8, 4) is 0 Å². The minimum Gasteiger partial charge on any atom is -0.314 e. The molecule has 1 N–H and O–H groups in total. The summed E-state index contributed by atoms with van der Waals surface area (Å²) in [6.45, 7) is 12.8. The molecule has 120 valence electrons. The molecule has 0 bridgehead atoms. The van der Waals surface area contributed by atoms with Crippen LogP contribution in [0.15, 0.2) is 30.3 Å². The molecule has 0 aliphatic heterocycles. The highest BCUT2D eigenvalue weighted by molar-refractivity contribution is 5.14. The van der Waals surface area contributed by atoms with E-state index in [0.717, 1.165) is 12.5 Å². The lowest BCUT2D eigenvalue weighted by atomic mass is 9.82. The van der Waals surface area contributed by atoms with Crippen LogP contribution in [0.2, 0.25) is 0 Å². The fourth-order valence-electron chi connectivity index (χ4n) is 3.25. The van der Waals surface area contributed by atoms with E-state index in [9.17, 15) is 0 Å². The quantitative estimate of drug-likeness (QED) is 0.637. The van der Waals surface area contributed by atoms with Crippen LogP contribution in [-0.2, 0) is 6.42 Å². The van der Waals surface area contributed by atoms with Crippen molar-refractivity contribution in [3.05, 3.63) is 35.9 Å². The van der Waals surface area contributed by atoms with Crippen molar-refractivity contribution in [1.82, 2.24) is 5.32 Å². The maximum atomic E-state index is 3.76. The Morgan fingerprint density at radius 3 is 2.33 bits per heavy atom. The van der Waals surface area contributed by atoms with Gasteiger partial charge in [0.15, 0.2) is 0 Å². The summed E-state index contributed by atoms with van der Waals surface area (Å²) in [4.78, 5) is 0. The third-order valence-corrected chi connectivity index (χ3v) is 3.96. The van der Waals surface area contributed by atoms with Crippen LogP contribution in [0.3, 0.4) is 0 Å². The minimum absolute atomic E-state index is 0.439. The third-order valence-electron chi connectivity index (χ3n) is 3.96. The highest BCUT2D eigenvalue weighted by atomic mass is 14.9. The van der Waals surface area contributed by atoms with Gasteiger partial charge in [-0.2, -0.15) is 0 Å². The van der Waals surface area contributed by atoms with Gasteiger partial charge in [-0.3, -0.25) is 0 Å². The van der Waals surface area contributed by atoms with Gasteiger partial charge < -0.3 is 5.32 Å². The largest absolute Gasteiger partial charge is 0.314 e. The Hall–Kier alpha value is -0.820. The van der Waals surface area contributed by atoms with Crippen molar-refractivity contribution in [2.24, 2.45) is 11.3 Å². The SMILES string of the molecule is CCCNC(CCc1ccccc1)CC(C)CC(C)(C)C. The van der Waals surface area contributed by atoms with Crippen molar-refractivity contribution in [2.45, 2.75) is 72.8 Å². The lowest BCUT2D eigenvalue weighted by molar-refractivity contribution is 0.270. The van der Waals surface area contributed by atoms with E-state index in [1.807, 2.05) is 0 Å². The highest BCUT2D eigenvalue weighted by Gasteiger charge is 2.18. The van der Waals surface area contributed by atoms with Crippen molar-refractivity contribution < 1.29 is 0 Å². The maximum Gasteiger partial charge on any atom is 0.00727 e. The van der Waals surface area contributed by atoms with Crippen LogP contribution in [0.25, 0.3) is 0 Å². The fourth-order valence-corrected chi connectivity index (χ4v) is 3.25. The van der Waals surface area contributed by atoms with Crippen LogP contribution in [0, 0.1) is 11.3 Å². The summed E-state index contributed by atoms with van der Waals surface area (Å²) in [5.41, 5.74) is 1.90. The van der Waals surface area contributed by atoms with E-state index in [1.165, 1.54) is 37.7 Å². The molecule has 0 amide bonds. The Kier molecular flexibility index (Phi) is 8.03. The topological polar surface area (TPSA) is 12.0 Å². The second-order valence-electron chi connectivity index (χ2n) is 7.78. The average Bonchev–Trinajstić information content (AvgIpc) is 2.41. The molecule has 0 aliphatic rings. The van der Waals surface area contributed by atoms with Gasteiger partial charge in [0, 0.05) is 6.04 Å². The number of hydrogen-bond acceptors (Lipinski definition) is 1. The van der Waals surface area contributed by atoms with E-state index in [-0.39, 0.29) is 0 Å². The van der Waals surface area contributed by atoms with Gasteiger partial charge in [0.1, 0.15) is 0 Å². The van der Waals surface area contributed by atoms with E-state index in [1.54, 1.807) is 0 Å². The minimum atomic E-state index is 0.439. The number of benzene rings is 1. The first-order valence-corrected chi connectivity index (χ1v) is 8.68. The number of hydrogen-bond donors (Lipinski definition) is 1. The summed E-state index contributed by atoms with van der Waals surface area (Å²) in [7, 11) is 0. The molecule has 0 saturated carbocycles. The molecule has 1 aromatic carbocycles. The Morgan fingerprint density at radius 1 is 1.10 bits per heavy atom. The first-order valence-electron chi connectivity index (χ1n) is 8.68. The summed E-state index contributed by atoms with van der Waals surface area (Å²) < 4.78 is 0. The Labute approximate surface area is 132 Å². The van der Waals surface area contributed by atoms with Crippen molar-refractivity contribution >= 4 is 0 Å². The number of nitrogens with one attached hydrogen (secondary N) is 1. The van der Waals surface area contributed by atoms with Crippen LogP contribution >= 0.6 is 0 Å². The maximum absolute atomic E-state index is 3.76. The van der Waals surface area contributed by atoms with E-state index < -0.39 is 0 Å². The lowest BCUT2D eigenvalue weighted by Crippen LogP contribution is -2.32. The van der Waals surface area contributed by atoms with Gasteiger partial charge in [0.25, 0.3) is 0 Å². The molecular weight excluding hydrogens is 254 g/mol. The molecule has 0 spiro atoms. The van der Waals surface area contributed by atoms with Gasteiger partial charge in [-0.25, -0.2) is 0 Å². The summed E-state index contributed by atoms with van der Waals surface area (Å²) >= 11 is 0. The summed E-state index contributed by atoms with van der Waals surface area (Å²) in [6, 6.07) is 11.5. The second-order valence-corrected chi connectivity index (χ2v) is 7.78. The van der Waals surface area contributed by atoms with Gasteiger partial charge in [0.05, 0.1) is 0 Å². The van der Waals surface area contributed by atoms with E-state index >= 15 is 0 Å². The molecule has 21 heavy (non-hydrogen) atoms. The van der Waals surface area contributed by atoms with Crippen LogP contribution < -0.4 is 5.32 Å². The summed E-state index contributed by atoms with van der Waals surface area (Å²) in [5, 5.41) is 3.76. The first kappa shape index (κ1) is 18.2. The zero-order valence-electron chi connectivity index (χ0n) is 14.8. The van der Waals surface area contributed by atoms with Gasteiger partial charge >= 0.3 is 0 Å². The first-order chi connectivity index (χ1) is 9.90. The molecule has 2 atom stereocenters. The monoisotopic (exact) mass is 289 g/mol. The van der Waals surface area contributed by atoms with Crippen LogP contribution in [0.1, 0.15) is 65.9 Å². The molecular formula is C20H35N. The Morgan fingerprint density at radius 2 is 1.76 bits per heavy atom. The third kappa shape index (κ3) is 8.93. The van der Waals surface area contributed by atoms with E-state index in [4.69, 9.17) is 0 Å². The zero-order chi connectivity index (χ0) is 15.7. The van der Waals surface area contributed by atoms with E-state index in [2.05, 4.69) is 70.3 Å². The molecule has 1 heteroatoms. The van der Waals surface area contributed by atoms with Gasteiger partial charge in [-0.05, 0) is 55.5 Å². The smallest absolute Gasteiger partial charge is 0.00727 e. The normalized spacial score (nSPS) is 14.9. The standard InChI is InChI=1S/C20H35N/c1-6-14-21-19(15-17(2)16-20(3,4)5)13-12-18-10-8-7-9-11-18/h7-11,17,19,21H,6,12-16H2,1-5H3. The highest BCUT2D eigenvalue weighted by Crippen LogP contribution is 2.27. The van der Waals surface area contributed by atoms with Crippen LogP contribution in [0.4, 0.5) is 0 Å². The molecule has 0 heterocycles. The zero-order valence-corrected chi connectivity index (χ0v) is 14.8. The molecule has 2 unspecified atom stereocenters. The van der Waals surface area contributed by atoms with E-state index in [0.29, 0.717) is 11.5 Å². The Balaban J connectivity index is 2.46. The molecule has 0 aliphatic carbocycles. The summed E-state index contributed by atoms with van der Waals surface area (Å²) in [5.74, 6) is 0.787. The predicted molar refractivity (Wildman–Crippen MR) is 94.7 cm³/mol. The molecule has 0 aromatic heterocycles. The van der Waals surface area contributed by atoms with Gasteiger partial charge in [-0.15, -0.1) is 0 Å². The molecule has 1 rings (SSSR count). The van der Waals surface area contributed by atoms with Gasteiger partial charge in [-0.1, -0.05) is 65.0 Å². The molecule has 0 fully saturated rings. The van der Waals surface area contributed by atoms with Crippen molar-refractivity contribution in [2.75, 3.05) is 6.54 Å². The average molecular weight is 290 g/mol. The second kappa shape index (κ2) is 9.25. The summed E-state index contributed by atoms with van der Waals surface area (Å²) in [6.07, 6.45) is 6.26. The predicted octanol–water partition coefficient (Wildman–Crippen LogP) is 5.45. The van der Waals surface area contributed by atoms with Crippen molar-refractivity contribution in [3.63, 3.8) is 0 Å². The van der Waals surface area contributed by atoms with Crippen molar-refractivity contribution in [1.29, 1.82) is 0 Å². The molecule has 0 saturated heterocycles. The van der Waals surface area contributed by atoms with Crippen LogP contribution in [0.5, 0.6) is 0 Å². The molecule has 1 aromatic rings. The van der Waals surface area contributed by atoms with Crippen LogP contribution in [-0.4, -0.2) is 12.6 Å². The number of rotatable bonds is 9. The Bertz CT molecular complexity index is 363. The number of aryl methyl sites for hydroxylation is 1.